The lowest BCUT2D eigenvalue weighted by Crippen LogP contribution is -2.13. The number of nitrogens with zero attached hydrogens (tertiary/aromatic N) is 1. The number of aryl methyl sites for hydroxylation is 1. The number of hydrogen-bond donors (Lipinski definition) is 2. The summed E-state index contributed by atoms with van der Waals surface area (Å²) in [6, 6.07) is 9.77. The Bertz CT molecular complexity index is 851. The van der Waals surface area contributed by atoms with E-state index in [-0.39, 0.29) is 11.7 Å². The molecular formula is C17H16N2O2S. The molecule has 0 aliphatic rings. The summed E-state index contributed by atoms with van der Waals surface area (Å²) in [6.45, 7) is 5.37. The highest BCUT2D eigenvalue weighted by Crippen LogP contribution is 2.29. The number of anilines is 1. The first-order valence-corrected chi connectivity index (χ1v) is 7.75. The molecule has 112 valence electrons. The standard InChI is InChI=1S/C17H16N2O2S/c1-9-10(2)16(18-11(3)15(9)20)19-17(21)14-8-12-6-4-5-7-13(12)22-14/h4-8,20H,1-3H3,(H,18,19,21). The van der Waals surface area contributed by atoms with Gasteiger partial charge in [0.15, 0.2) is 0 Å². The van der Waals surface area contributed by atoms with Crippen LogP contribution in [-0.4, -0.2) is 16.0 Å². The molecule has 3 rings (SSSR count). The van der Waals surface area contributed by atoms with Crippen molar-refractivity contribution in [1.29, 1.82) is 0 Å². The van der Waals surface area contributed by atoms with Gasteiger partial charge in [-0.15, -0.1) is 11.3 Å². The van der Waals surface area contributed by atoms with Gasteiger partial charge in [-0.25, -0.2) is 4.98 Å². The SMILES string of the molecule is Cc1nc(NC(=O)c2cc3ccccc3s2)c(C)c(C)c1O. The number of carbonyl (C=O) groups is 1. The van der Waals surface area contributed by atoms with Gasteiger partial charge in [0.2, 0.25) is 0 Å². The molecule has 0 atom stereocenters. The fraction of sp³-hybridized carbons (Fsp3) is 0.176. The Balaban J connectivity index is 1.94. The zero-order valence-electron chi connectivity index (χ0n) is 12.6. The second-order valence-corrected chi connectivity index (χ2v) is 6.33. The first-order chi connectivity index (χ1) is 10.5. The number of rotatable bonds is 2. The van der Waals surface area contributed by atoms with Crippen LogP contribution >= 0.6 is 11.3 Å². The Kier molecular flexibility index (Phi) is 3.58. The molecule has 0 aliphatic carbocycles. The topological polar surface area (TPSA) is 62.2 Å². The van der Waals surface area contributed by atoms with E-state index in [1.807, 2.05) is 44.2 Å². The lowest BCUT2D eigenvalue weighted by molar-refractivity contribution is 0.103. The highest BCUT2D eigenvalue weighted by atomic mass is 32.1. The minimum Gasteiger partial charge on any atom is -0.506 e. The van der Waals surface area contributed by atoms with Gasteiger partial charge in [0.25, 0.3) is 5.91 Å². The number of fused-ring (bicyclic) bond motifs is 1. The lowest BCUT2D eigenvalue weighted by Gasteiger charge is -2.12. The molecule has 0 radical (unpaired) electrons. The summed E-state index contributed by atoms with van der Waals surface area (Å²) in [6.07, 6.45) is 0. The molecule has 3 aromatic rings. The highest BCUT2D eigenvalue weighted by Gasteiger charge is 2.15. The Morgan fingerprint density at radius 3 is 2.64 bits per heavy atom. The van der Waals surface area contributed by atoms with Crippen LogP contribution in [-0.2, 0) is 0 Å². The Morgan fingerprint density at radius 1 is 1.18 bits per heavy atom. The molecule has 22 heavy (non-hydrogen) atoms. The van der Waals surface area contributed by atoms with E-state index in [2.05, 4.69) is 10.3 Å². The van der Waals surface area contributed by atoms with Crippen LogP contribution in [0.2, 0.25) is 0 Å². The number of aromatic nitrogens is 1. The summed E-state index contributed by atoms with van der Waals surface area (Å²) in [5, 5.41) is 13.8. The summed E-state index contributed by atoms with van der Waals surface area (Å²) >= 11 is 1.45. The third kappa shape index (κ3) is 2.44. The minimum atomic E-state index is -0.179. The number of hydrogen-bond acceptors (Lipinski definition) is 4. The molecule has 0 aliphatic heterocycles. The molecule has 0 fully saturated rings. The van der Waals surface area contributed by atoms with Crippen molar-refractivity contribution in [2.24, 2.45) is 0 Å². The Morgan fingerprint density at radius 2 is 1.91 bits per heavy atom. The maximum Gasteiger partial charge on any atom is 0.266 e. The third-order valence-electron chi connectivity index (χ3n) is 3.78. The molecule has 2 heterocycles. The van der Waals surface area contributed by atoms with E-state index in [9.17, 15) is 9.90 Å². The molecule has 1 aromatic carbocycles. The number of aromatic hydroxyl groups is 1. The van der Waals surface area contributed by atoms with E-state index < -0.39 is 0 Å². The second-order valence-electron chi connectivity index (χ2n) is 5.25. The van der Waals surface area contributed by atoms with E-state index in [1.165, 1.54) is 11.3 Å². The van der Waals surface area contributed by atoms with E-state index >= 15 is 0 Å². The fourth-order valence-corrected chi connectivity index (χ4v) is 3.27. The molecule has 2 N–H and O–H groups in total. The van der Waals surface area contributed by atoms with Crippen LogP contribution in [0.4, 0.5) is 5.82 Å². The van der Waals surface area contributed by atoms with Crippen molar-refractivity contribution >= 4 is 33.1 Å². The monoisotopic (exact) mass is 312 g/mol. The van der Waals surface area contributed by atoms with E-state index in [1.54, 1.807) is 6.92 Å². The van der Waals surface area contributed by atoms with Gasteiger partial charge in [-0.2, -0.15) is 0 Å². The quantitative estimate of drug-likeness (QED) is 0.746. The number of benzene rings is 1. The van der Waals surface area contributed by atoms with Gasteiger partial charge < -0.3 is 10.4 Å². The maximum atomic E-state index is 12.4. The normalized spacial score (nSPS) is 10.9. The number of thiophene rings is 1. The summed E-state index contributed by atoms with van der Waals surface area (Å²) in [4.78, 5) is 17.4. The summed E-state index contributed by atoms with van der Waals surface area (Å²) in [5.41, 5.74) is 2.02. The smallest absolute Gasteiger partial charge is 0.266 e. The molecule has 1 amide bonds. The van der Waals surface area contributed by atoms with Gasteiger partial charge >= 0.3 is 0 Å². The number of carbonyl (C=O) groups excluding carboxylic acids is 1. The zero-order chi connectivity index (χ0) is 15.9. The van der Waals surface area contributed by atoms with E-state index in [0.29, 0.717) is 16.4 Å². The molecule has 0 unspecified atom stereocenters. The summed E-state index contributed by atoms with van der Waals surface area (Å²) in [5.74, 6) is 0.494. The van der Waals surface area contributed by atoms with E-state index in [0.717, 1.165) is 21.2 Å². The molecular weight excluding hydrogens is 296 g/mol. The zero-order valence-corrected chi connectivity index (χ0v) is 13.4. The van der Waals surface area contributed by atoms with Crippen LogP contribution in [0.25, 0.3) is 10.1 Å². The minimum absolute atomic E-state index is 0.178. The van der Waals surface area contributed by atoms with Crippen LogP contribution in [0, 0.1) is 20.8 Å². The molecule has 0 bridgehead atoms. The van der Waals surface area contributed by atoms with E-state index in [4.69, 9.17) is 0 Å². The van der Waals surface area contributed by atoms with Crippen molar-refractivity contribution in [3.05, 3.63) is 52.0 Å². The molecule has 0 saturated heterocycles. The largest absolute Gasteiger partial charge is 0.506 e. The highest BCUT2D eigenvalue weighted by molar-refractivity contribution is 7.20. The van der Waals surface area contributed by atoms with Crippen molar-refractivity contribution < 1.29 is 9.90 Å². The van der Waals surface area contributed by atoms with Crippen molar-refractivity contribution in [3.8, 4) is 5.75 Å². The predicted octanol–water partition coefficient (Wildman–Crippen LogP) is 4.18. The fourth-order valence-electron chi connectivity index (χ4n) is 2.32. The van der Waals surface area contributed by atoms with Crippen LogP contribution in [0.3, 0.4) is 0 Å². The van der Waals surface area contributed by atoms with Gasteiger partial charge in [0, 0.05) is 4.70 Å². The van der Waals surface area contributed by atoms with Gasteiger partial charge in [0.05, 0.1) is 10.6 Å². The number of pyridine rings is 1. The van der Waals surface area contributed by atoms with Crippen molar-refractivity contribution in [2.45, 2.75) is 20.8 Å². The molecule has 0 spiro atoms. The maximum absolute atomic E-state index is 12.4. The van der Waals surface area contributed by atoms with Crippen molar-refractivity contribution in [3.63, 3.8) is 0 Å². The lowest BCUT2D eigenvalue weighted by atomic mass is 10.1. The molecule has 4 nitrogen and oxygen atoms in total. The van der Waals surface area contributed by atoms with Crippen molar-refractivity contribution in [1.82, 2.24) is 4.98 Å². The van der Waals surface area contributed by atoms with Crippen molar-refractivity contribution in [2.75, 3.05) is 5.32 Å². The van der Waals surface area contributed by atoms with Crippen LogP contribution < -0.4 is 5.32 Å². The van der Waals surface area contributed by atoms with Gasteiger partial charge in [-0.3, -0.25) is 4.79 Å². The third-order valence-corrected chi connectivity index (χ3v) is 4.89. The Labute approximate surface area is 132 Å². The summed E-state index contributed by atoms with van der Waals surface area (Å²) in [7, 11) is 0. The average Bonchev–Trinajstić information content (AvgIpc) is 2.94. The molecule has 0 saturated carbocycles. The van der Waals surface area contributed by atoms with Crippen LogP contribution in [0.1, 0.15) is 26.5 Å². The van der Waals surface area contributed by atoms with Crippen LogP contribution in [0.15, 0.2) is 30.3 Å². The molecule has 5 heteroatoms. The van der Waals surface area contributed by atoms with Gasteiger partial charge in [0.1, 0.15) is 11.6 Å². The number of nitrogens with one attached hydrogen (secondary N) is 1. The van der Waals surface area contributed by atoms with Gasteiger partial charge in [-0.05, 0) is 49.4 Å². The van der Waals surface area contributed by atoms with Gasteiger partial charge in [-0.1, -0.05) is 18.2 Å². The first-order valence-electron chi connectivity index (χ1n) is 6.94. The number of amides is 1. The Hall–Kier alpha value is -2.40. The predicted molar refractivity (Wildman–Crippen MR) is 89.9 cm³/mol. The first kappa shape index (κ1) is 14.5. The van der Waals surface area contributed by atoms with Crippen LogP contribution in [0.5, 0.6) is 5.75 Å². The second kappa shape index (κ2) is 5.42. The summed E-state index contributed by atoms with van der Waals surface area (Å²) < 4.78 is 1.08. The molecule has 2 aromatic heterocycles. The average molecular weight is 312 g/mol.